The predicted octanol–water partition coefficient (Wildman–Crippen LogP) is 6.57. The van der Waals surface area contributed by atoms with Gasteiger partial charge in [0.1, 0.15) is 4.75 Å². The lowest BCUT2D eigenvalue weighted by atomic mass is 9.76. The second kappa shape index (κ2) is 11.1. The third kappa shape index (κ3) is 5.03. The minimum absolute atomic E-state index is 0.0227. The topological polar surface area (TPSA) is 112 Å². The molecule has 7 nitrogen and oxygen atoms in total. The molecule has 3 aromatic carbocycles. The molecule has 46 heavy (non-hydrogen) atoms. The molecule has 0 amide bonds. The number of sulfone groups is 1. The van der Waals surface area contributed by atoms with Gasteiger partial charge in [0, 0.05) is 24.7 Å². The molecule has 3 aromatic rings. The first kappa shape index (κ1) is 33.4. The van der Waals surface area contributed by atoms with E-state index >= 15 is 4.39 Å². The molecule has 15 heteroatoms. The van der Waals surface area contributed by atoms with E-state index in [9.17, 15) is 54.6 Å². The minimum atomic E-state index is -6.36. The molecule has 246 valence electrons. The molecule has 0 aromatic heterocycles. The van der Waals surface area contributed by atoms with Crippen LogP contribution in [-0.2, 0) is 33.2 Å². The molecule has 1 fully saturated rings. The lowest BCUT2D eigenvalue weighted by molar-refractivity contribution is -0.348. The van der Waals surface area contributed by atoms with Gasteiger partial charge in [-0.3, -0.25) is 4.90 Å². The van der Waals surface area contributed by atoms with Crippen molar-refractivity contribution in [3.8, 4) is 0 Å². The number of nitrogens with zero attached hydrogens (tertiary/aromatic N) is 1. The number of hydrogen-bond donors (Lipinski definition) is 2. The van der Waals surface area contributed by atoms with Crippen LogP contribution in [0, 0.1) is 6.92 Å². The highest BCUT2D eigenvalue weighted by atomic mass is 32.2. The molecule has 2 aliphatic rings. The second-order valence-electron chi connectivity index (χ2n) is 11.5. The minimum Gasteiger partial charge on any atom is -0.478 e. The molecule has 2 N–H and O–H groups in total. The summed E-state index contributed by atoms with van der Waals surface area (Å²) in [6.45, 7) is 1.59. The van der Waals surface area contributed by atoms with Crippen molar-refractivity contribution in [3.63, 3.8) is 0 Å². The maximum atomic E-state index is 15.0. The van der Waals surface area contributed by atoms with E-state index in [-0.39, 0.29) is 65.1 Å². The smallest absolute Gasteiger partial charge is 0.435 e. The van der Waals surface area contributed by atoms with E-state index in [4.69, 9.17) is 0 Å². The fraction of sp³-hybridized carbons (Fsp3) is 0.355. The first-order valence-corrected chi connectivity index (χ1v) is 15.3. The Morgan fingerprint density at radius 3 is 2.09 bits per heavy atom. The summed E-state index contributed by atoms with van der Waals surface area (Å²) in [5, 5.41) is 19.1. The van der Waals surface area contributed by atoms with E-state index in [0.717, 1.165) is 17.7 Å². The maximum absolute atomic E-state index is 15.0. The van der Waals surface area contributed by atoms with Gasteiger partial charge in [-0.1, -0.05) is 42.0 Å². The molecule has 1 saturated heterocycles. The third-order valence-corrected chi connectivity index (χ3v) is 11.5. The number of aryl methyl sites for hydroxylation is 2. The van der Waals surface area contributed by atoms with Gasteiger partial charge in [0.15, 0.2) is 9.84 Å². The van der Waals surface area contributed by atoms with Crippen LogP contribution in [0.15, 0.2) is 65.6 Å². The molecule has 0 unspecified atom stereocenters. The number of carboxylic acids is 2. The Morgan fingerprint density at radius 1 is 0.891 bits per heavy atom. The molecule has 0 bridgehead atoms. The molecular formula is C31H26F7NO6S. The number of hydrogen-bond acceptors (Lipinski definition) is 5. The number of aromatic carboxylic acids is 2. The molecule has 2 atom stereocenters. The fourth-order valence-electron chi connectivity index (χ4n) is 6.71. The number of rotatable bonds is 7. The van der Waals surface area contributed by atoms with Crippen LogP contribution in [0.5, 0.6) is 0 Å². The highest BCUT2D eigenvalue weighted by Gasteiger charge is 2.73. The third-order valence-electron chi connectivity index (χ3n) is 8.95. The molecule has 1 heterocycles. The van der Waals surface area contributed by atoms with Crippen LogP contribution < -0.4 is 0 Å². The van der Waals surface area contributed by atoms with E-state index in [1.54, 1.807) is 11.8 Å². The number of fused-ring (bicyclic) bond motifs is 3. The Kier molecular flexibility index (Phi) is 8.04. The van der Waals surface area contributed by atoms with E-state index in [1.807, 2.05) is 0 Å². The summed E-state index contributed by atoms with van der Waals surface area (Å²) in [5.41, 5.74) is -7.40. The lowest BCUT2D eigenvalue weighted by Crippen LogP contribution is -2.52. The standard InChI is InChI=1S/C31H26F7NO6S/c1-17-2-8-22(9-3-17)46(44,45)28-12-13-39(16-20-5-4-19(26(40)41)15-23(20)27(42)43)25(28)11-6-18-14-21(7-10-24(18)28)29(32,30(33,34)35)31(36,37)38/h2-5,7-10,14-15,25H,6,11-13,16H2,1H3,(H,40,41)(H,42,43)/t25-,28-/m0/s1. The van der Waals surface area contributed by atoms with Crippen molar-refractivity contribution in [2.45, 2.75) is 66.4 Å². The summed E-state index contributed by atoms with van der Waals surface area (Å²) in [6.07, 6.45) is -13.2. The summed E-state index contributed by atoms with van der Waals surface area (Å²) < 4.78 is 124. The SMILES string of the molecule is Cc1ccc(S(=O)(=O)[C@]23CCN(Cc4ccc(C(=O)O)cc4C(=O)O)[C@H]2CCc2cc(C(F)(C(F)(F)F)C(F)(F)F)ccc23)cc1. The zero-order valence-electron chi connectivity index (χ0n) is 23.9. The first-order chi connectivity index (χ1) is 21.3. The normalized spacial score (nSPS) is 20.7. The van der Waals surface area contributed by atoms with Gasteiger partial charge in [0.05, 0.1) is 16.0 Å². The number of carbonyl (C=O) groups is 2. The van der Waals surface area contributed by atoms with Crippen LogP contribution in [0.3, 0.4) is 0 Å². The van der Waals surface area contributed by atoms with Crippen LogP contribution in [-0.4, -0.2) is 60.4 Å². The second-order valence-corrected chi connectivity index (χ2v) is 13.7. The molecule has 0 saturated carbocycles. The highest BCUT2D eigenvalue weighted by Crippen LogP contribution is 2.56. The summed E-state index contributed by atoms with van der Waals surface area (Å²) >= 11 is 0. The summed E-state index contributed by atoms with van der Waals surface area (Å²) in [7, 11) is -4.44. The first-order valence-electron chi connectivity index (χ1n) is 13.9. The molecule has 0 radical (unpaired) electrons. The van der Waals surface area contributed by atoms with Crippen molar-refractivity contribution in [2.75, 3.05) is 6.54 Å². The monoisotopic (exact) mass is 673 g/mol. The van der Waals surface area contributed by atoms with Gasteiger partial charge in [-0.15, -0.1) is 0 Å². The fourth-order valence-corrected chi connectivity index (χ4v) is 9.09. The van der Waals surface area contributed by atoms with Crippen molar-refractivity contribution < 1.29 is 59.0 Å². The Labute approximate surface area is 258 Å². The summed E-state index contributed by atoms with van der Waals surface area (Å²) in [6, 6.07) is 9.85. The zero-order chi connectivity index (χ0) is 34.0. The predicted molar refractivity (Wildman–Crippen MR) is 149 cm³/mol. The highest BCUT2D eigenvalue weighted by molar-refractivity contribution is 7.92. The number of benzene rings is 3. The van der Waals surface area contributed by atoms with Gasteiger partial charge in [0.2, 0.25) is 0 Å². The molecular weight excluding hydrogens is 647 g/mol. The largest absolute Gasteiger partial charge is 0.478 e. The van der Waals surface area contributed by atoms with Gasteiger partial charge in [0.25, 0.3) is 0 Å². The number of alkyl halides is 7. The average Bonchev–Trinajstić information content (AvgIpc) is 3.35. The number of carboxylic acid groups (broad SMARTS) is 2. The molecule has 5 rings (SSSR count). The van der Waals surface area contributed by atoms with Gasteiger partial charge < -0.3 is 10.2 Å². The van der Waals surface area contributed by atoms with Gasteiger partial charge in [-0.2, -0.15) is 26.3 Å². The van der Waals surface area contributed by atoms with Gasteiger partial charge in [-0.25, -0.2) is 22.4 Å². The lowest BCUT2D eigenvalue weighted by Gasteiger charge is -2.43. The number of likely N-dealkylation sites (tertiary alicyclic amines) is 1. The van der Waals surface area contributed by atoms with E-state index < -0.39 is 56.1 Å². The van der Waals surface area contributed by atoms with Crippen LogP contribution in [0.4, 0.5) is 30.7 Å². The van der Waals surface area contributed by atoms with Crippen LogP contribution in [0.2, 0.25) is 0 Å². The Morgan fingerprint density at radius 2 is 1.52 bits per heavy atom. The number of halogens is 7. The quantitative estimate of drug-likeness (QED) is 0.273. The Bertz CT molecular complexity index is 1810. The molecule has 0 spiro atoms. The van der Waals surface area contributed by atoms with E-state index in [1.165, 1.54) is 36.4 Å². The van der Waals surface area contributed by atoms with Crippen molar-refractivity contribution >= 4 is 21.8 Å². The van der Waals surface area contributed by atoms with Gasteiger partial charge in [-0.05, 0) is 67.1 Å². The summed E-state index contributed by atoms with van der Waals surface area (Å²) in [5.74, 6) is -2.79. The molecule has 1 aliphatic carbocycles. The van der Waals surface area contributed by atoms with E-state index in [2.05, 4.69) is 0 Å². The van der Waals surface area contributed by atoms with Crippen molar-refractivity contribution in [2.24, 2.45) is 0 Å². The van der Waals surface area contributed by atoms with E-state index in [0.29, 0.717) is 12.1 Å². The van der Waals surface area contributed by atoms with Crippen LogP contribution in [0.25, 0.3) is 0 Å². The van der Waals surface area contributed by atoms with Gasteiger partial charge >= 0.3 is 30.0 Å². The molecule has 1 aliphatic heterocycles. The average molecular weight is 674 g/mol. The Balaban J connectivity index is 1.67. The summed E-state index contributed by atoms with van der Waals surface area (Å²) in [4.78, 5) is 24.9. The van der Waals surface area contributed by atoms with Crippen molar-refractivity contribution in [1.29, 1.82) is 0 Å². The van der Waals surface area contributed by atoms with Crippen LogP contribution >= 0.6 is 0 Å². The van der Waals surface area contributed by atoms with Crippen molar-refractivity contribution in [1.82, 2.24) is 4.90 Å². The zero-order valence-corrected chi connectivity index (χ0v) is 24.7. The maximum Gasteiger partial charge on any atom is 0.435 e. The Hall–Kier alpha value is -3.98. The van der Waals surface area contributed by atoms with Crippen LogP contribution in [0.1, 0.15) is 61.4 Å². The van der Waals surface area contributed by atoms with Crippen molar-refractivity contribution in [3.05, 3.63) is 99.6 Å².